The Bertz CT molecular complexity index is 2980. The maximum absolute atomic E-state index is 14.7. The Hall–Kier alpha value is -8.91. The second kappa shape index (κ2) is 41.8. The van der Waals surface area contributed by atoms with Crippen LogP contribution in [0.15, 0.2) is 65.7 Å². The molecule has 13 amide bonds. The Balaban J connectivity index is 1.55. The van der Waals surface area contributed by atoms with Gasteiger partial charge in [0.25, 0.3) is 0 Å². The predicted molar refractivity (Wildman–Crippen MR) is 360 cm³/mol. The van der Waals surface area contributed by atoms with E-state index in [4.69, 9.17) is 40.1 Å². The molecule has 0 bridgehead atoms. The van der Waals surface area contributed by atoms with Crippen molar-refractivity contribution in [1.29, 1.82) is 0 Å². The number of thioether (sulfide) groups is 1. The second-order valence-electron chi connectivity index (χ2n) is 24.5. The van der Waals surface area contributed by atoms with Crippen LogP contribution in [0.5, 0.6) is 0 Å². The molecule has 32 heteroatoms. The molecule has 0 aliphatic carbocycles. The molecule has 530 valence electrons. The summed E-state index contributed by atoms with van der Waals surface area (Å²) in [6.45, 7) is 4.33. The molecule has 2 saturated heterocycles. The molecule has 10 atom stereocenters. The van der Waals surface area contributed by atoms with E-state index in [0.29, 0.717) is 55.4 Å². The van der Waals surface area contributed by atoms with Crippen molar-refractivity contribution < 1.29 is 62.3 Å². The number of amides is 13. The van der Waals surface area contributed by atoms with Crippen LogP contribution in [0.25, 0.3) is 0 Å². The first kappa shape index (κ1) is 79.5. The number of carbonyl (C=O) groups excluding carboxylic acids is 13. The third kappa shape index (κ3) is 27.8. The molecule has 0 radical (unpaired) electrons. The number of guanidine groups is 1. The zero-order chi connectivity index (χ0) is 70.9. The van der Waals surface area contributed by atoms with Gasteiger partial charge in [-0.2, -0.15) is 11.8 Å². The van der Waals surface area contributed by atoms with Crippen LogP contribution in [0.1, 0.15) is 128 Å². The summed E-state index contributed by atoms with van der Waals surface area (Å²) in [6.07, 6.45) is 3.05. The lowest BCUT2D eigenvalue weighted by molar-refractivity contribution is -0.144. The summed E-state index contributed by atoms with van der Waals surface area (Å²) in [6, 6.07) is 4.92. The molecule has 2 fully saturated rings. The molecule has 22 N–H and O–H groups in total. The highest BCUT2D eigenvalue weighted by Gasteiger charge is 2.42. The number of unbranched alkanes of at least 4 members (excludes halogenated alkanes) is 1. The fourth-order valence-electron chi connectivity index (χ4n) is 11.2. The van der Waals surface area contributed by atoms with Gasteiger partial charge in [0.2, 0.25) is 76.8 Å². The Morgan fingerprint density at radius 1 is 0.531 bits per heavy atom. The zero-order valence-electron chi connectivity index (χ0n) is 55.2. The Morgan fingerprint density at radius 3 is 1.51 bits per heavy atom. The summed E-state index contributed by atoms with van der Waals surface area (Å²) in [5.41, 5.74) is 40.7. The number of nitrogens with one attached hydrogen (secondary N) is 8. The van der Waals surface area contributed by atoms with Gasteiger partial charge in [0.05, 0.1) is 6.04 Å². The number of likely N-dealkylation sites (tertiary alicyclic amines) is 2. The maximum atomic E-state index is 14.7. The smallest absolute Gasteiger partial charge is 0.245 e. The van der Waals surface area contributed by atoms with E-state index in [9.17, 15) is 62.3 Å². The van der Waals surface area contributed by atoms with Crippen molar-refractivity contribution in [1.82, 2.24) is 52.3 Å². The highest BCUT2D eigenvalue weighted by atomic mass is 32.2. The van der Waals surface area contributed by atoms with Gasteiger partial charge in [0, 0.05) is 58.3 Å². The maximum Gasteiger partial charge on any atom is 0.245 e. The minimum atomic E-state index is -1.63. The molecule has 0 unspecified atom stereocenters. The molecule has 4 rings (SSSR count). The fraction of sp³-hybridized carbons (Fsp3) is 0.594. The number of aliphatic imine (C=N–C) groups is 1. The first-order valence-corrected chi connectivity index (χ1v) is 34.1. The van der Waals surface area contributed by atoms with Crippen molar-refractivity contribution in [2.75, 3.05) is 44.7 Å². The van der Waals surface area contributed by atoms with E-state index in [1.54, 1.807) is 60.7 Å². The third-order valence-corrected chi connectivity index (χ3v) is 16.9. The van der Waals surface area contributed by atoms with Crippen LogP contribution in [0.2, 0.25) is 0 Å². The Kier molecular flexibility index (Phi) is 34.6. The normalized spacial score (nSPS) is 16.8. The molecular formula is C64H100N18O13S. The number of nitrogens with two attached hydrogens (primary N) is 7. The Labute approximate surface area is 564 Å². The number of hydrogen-bond donors (Lipinski definition) is 15. The summed E-state index contributed by atoms with van der Waals surface area (Å²) in [5.74, 6) is -9.29. The highest BCUT2D eigenvalue weighted by molar-refractivity contribution is 7.98. The van der Waals surface area contributed by atoms with Gasteiger partial charge in [-0.15, -0.1) is 0 Å². The van der Waals surface area contributed by atoms with Gasteiger partial charge in [-0.25, -0.2) is 0 Å². The number of hydrogen-bond acceptors (Lipinski definition) is 17. The van der Waals surface area contributed by atoms with Crippen molar-refractivity contribution >= 4 is 94.5 Å². The number of benzene rings is 2. The van der Waals surface area contributed by atoms with Gasteiger partial charge >= 0.3 is 0 Å². The van der Waals surface area contributed by atoms with Crippen molar-refractivity contribution in [3.63, 3.8) is 0 Å². The van der Waals surface area contributed by atoms with Gasteiger partial charge in [0.15, 0.2) is 5.96 Å². The first-order valence-electron chi connectivity index (χ1n) is 32.7. The monoisotopic (exact) mass is 1360 g/mol. The van der Waals surface area contributed by atoms with Crippen LogP contribution in [0.3, 0.4) is 0 Å². The molecule has 2 aromatic rings. The third-order valence-electron chi connectivity index (χ3n) is 16.3. The van der Waals surface area contributed by atoms with Crippen LogP contribution in [0, 0.1) is 5.92 Å². The van der Waals surface area contributed by atoms with E-state index in [2.05, 4.69) is 47.5 Å². The Morgan fingerprint density at radius 2 is 1.01 bits per heavy atom. The molecule has 96 heavy (non-hydrogen) atoms. The van der Waals surface area contributed by atoms with Crippen LogP contribution in [-0.4, -0.2) is 198 Å². The van der Waals surface area contributed by atoms with Crippen molar-refractivity contribution in [3.05, 3.63) is 71.8 Å². The standard InChI is InChI=1S/C64H100N18O13S/c1-38(2)35-46(58(90)75-42(54(69)86)28-34-96-3)74-53(85)27-31-72-55(87)47(36-39-15-6-4-7-16-39)79-59(91)48(37-40-17-8-5-9-18-40)80-57(89)43(23-25-51(67)83)76-56(88)44(24-26-52(68)84)77-60(92)50-22-14-33-82(50)63(95)45(20-10-11-29-65)78-61(93)49-21-13-32-81(49)62(94)41(66)19-12-30-73-64(70)71/h4-9,15-18,38,41-50H,10-14,19-37,65-66H2,1-3H3,(H2,67,83)(H2,68,84)(H2,69,86)(H,72,87)(H,74,85)(H,75,90)(H,76,88)(H,77,92)(H,78,93)(H,79,91)(H,80,89)(H4,70,71,73)/t41-,42-,43-,44-,45-,46-,47-,48-,49-,50-/m0/s1. The van der Waals surface area contributed by atoms with Crippen LogP contribution < -0.4 is 82.7 Å². The largest absolute Gasteiger partial charge is 0.370 e. The van der Waals surface area contributed by atoms with E-state index in [1.807, 2.05) is 20.1 Å². The molecular weight excluding hydrogens is 1260 g/mol. The summed E-state index contributed by atoms with van der Waals surface area (Å²) in [4.78, 5) is 185. The predicted octanol–water partition coefficient (Wildman–Crippen LogP) is -3.32. The van der Waals surface area contributed by atoms with Gasteiger partial charge in [-0.1, -0.05) is 74.5 Å². The molecule has 2 aromatic carbocycles. The molecule has 2 aliphatic heterocycles. The van der Waals surface area contributed by atoms with E-state index in [-0.39, 0.29) is 96.0 Å². The number of carbonyl (C=O) groups is 13. The lowest BCUT2D eigenvalue weighted by Gasteiger charge is -2.32. The van der Waals surface area contributed by atoms with E-state index in [0.717, 1.165) is 0 Å². The molecule has 0 saturated carbocycles. The topological polar surface area (TPSA) is 519 Å². The summed E-state index contributed by atoms with van der Waals surface area (Å²) in [7, 11) is 0. The van der Waals surface area contributed by atoms with Crippen molar-refractivity contribution in [2.45, 2.75) is 190 Å². The highest BCUT2D eigenvalue weighted by Crippen LogP contribution is 2.24. The number of primary amides is 3. The van der Waals surface area contributed by atoms with E-state index < -0.39 is 163 Å². The second-order valence-corrected chi connectivity index (χ2v) is 25.4. The lowest BCUT2D eigenvalue weighted by Crippen LogP contribution is -2.60. The van der Waals surface area contributed by atoms with Gasteiger partial charge in [-0.3, -0.25) is 67.3 Å². The van der Waals surface area contributed by atoms with Crippen molar-refractivity contribution in [3.8, 4) is 0 Å². The molecule has 0 spiro atoms. The average molecular weight is 1360 g/mol. The van der Waals surface area contributed by atoms with Crippen LogP contribution >= 0.6 is 11.8 Å². The minimum absolute atomic E-state index is 0.0505. The number of rotatable bonds is 43. The summed E-state index contributed by atoms with van der Waals surface area (Å²) in [5, 5.41) is 21.4. The lowest BCUT2D eigenvalue weighted by atomic mass is 10.0. The zero-order valence-corrected chi connectivity index (χ0v) is 56.0. The molecule has 2 heterocycles. The first-order chi connectivity index (χ1) is 45.7. The molecule has 2 aliphatic rings. The van der Waals surface area contributed by atoms with E-state index in [1.165, 1.54) is 21.6 Å². The molecule has 31 nitrogen and oxygen atoms in total. The van der Waals surface area contributed by atoms with E-state index >= 15 is 0 Å². The quantitative estimate of drug-likeness (QED) is 0.0175. The fourth-order valence-corrected chi connectivity index (χ4v) is 11.7. The van der Waals surface area contributed by atoms with Crippen molar-refractivity contribution in [2.24, 2.45) is 51.0 Å². The van der Waals surface area contributed by atoms with Gasteiger partial charge in [0.1, 0.15) is 54.4 Å². The molecule has 0 aromatic heterocycles. The SMILES string of the molecule is CSCC[C@H](NC(=O)[C@H](CC(C)C)NC(=O)CCNC(=O)[C@H](Cc1ccccc1)NC(=O)[C@H](Cc1ccccc1)NC(=O)[C@H](CCC(N)=O)NC(=O)[C@H](CCC(N)=O)NC(=O)[C@@H]1CCCN1C(=O)[C@H](CCCCN)NC(=O)[C@@H]1CCCN1C(=O)[C@@H](N)CCCN=C(N)N)C(N)=O. The summed E-state index contributed by atoms with van der Waals surface area (Å²) >= 11 is 1.47. The van der Waals surface area contributed by atoms with Crippen LogP contribution in [-0.2, 0) is 75.2 Å². The van der Waals surface area contributed by atoms with Gasteiger partial charge in [-0.05, 0) is 119 Å². The average Bonchev–Trinajstić information content (AvgIpc) is 1.70. The van der Waals surface area contributed by atoms with Crippen LogP contribution in [0.4, 0.5) is 0 Å². The van der Waals surface area contributed by atoms with Gasteiger partial charge < -0.3 is 92.5 Å². The number of nitrogens with zero attached hydrogens (tertiary/aromatic N) is 3. The minimum Gasteiger partial charge on any atom is -0.370 e. The summed E-state index contributed by atoms with van der Waals surface area (Å²) < 4.78 is 0.